The van der Waals surface area contributed by atoms with Gasteiger partial charge in [0, 0.05) is 20.2 Å². The third kappa shape index (κ3) is 14.4. The SMILES string of the molecule is CC1(C)OB(B2OC(C)(C)C(C)(C)O2)OC1(C)C.Clc1ccc(Br)cc1Cl.O=C(Nc1ccccc1-c1ccc(Cl)c(Cl)c1)c1ccsc1I.O=C(Nc1ccccc1Br)c1ccsc1I. The molecule has 0 unspecified atom stereocenters. The first-order valence-corrected chi connectivity index (χ1v) is 27.0. The van der Waals surface area contributed by atoms with Crippen molar-refractivity contribution in [2.75, 3.05) is 10.6 Å². The molecule has 6 aromatic rings. The van der Waals surface area contributed by atoms with Gasteiger partial charge in [-0.3, -0.25) is 9.59 Å². The van der Waals surface area contributed by atoms with E-state index < -0.39 is 14.0 Å². The Bertz CT molecular complexity index is 2610. The van der Waals surface area contributed by atoms with Crippen molar-refractivity contribution in [2.45, 2.75) is 77.8 Å². The molecule has 0 radical (unpaired) electrons. The summed E-state index contributed by atoms with van der Waals surface area (Å²) < 4.78 is 27.6. The molecule has 0 spiro atoms. The standard InChI is InChI=1S/C17H10Cl2INOS.C12H24B2O4.C11H7BrINOS.C6H3BrCl2/c18-13-6-5-10(9-14(13)19)11-3-1-2-4-15(11)21-17(22)12-7-8-23-16(12)20;1-9(2)10(3,4)16-13(15-9)14-17-11(5,6)12(7,8)18-14;12-8-3-1-2-4-9(8)14-11(15)7-5-6-16-10(7)13;7-4-1-2-5(8)6(9)3-4/h1-9H,(H,21,22);1-8H3;1-6H,(H,14,15);1-3H. The number of carbonyl (C=O) groups excluding carboxylic acids is 2. The molecule has 348 valence electrons. The van der Waals surface area contributed by atoms with Gasteiger partial charge in [0.25, 0.3) is 11.8 Å². The summed E-state index contributed by atoms with van der Waals surface area (Å²) >= 11 is 37.4. The minimum atomic E-state index is -0.476. The molecular formula is C46H44B2Br2Cl4I2N2O6S2. The molecule has 2 fully saturated rings. The Morgan fingerprint density at radius 1 is 0.545 bits per heavy atom. The van der Waals surface area contributed by atoms with E-state index in [4.69, 9.17) is 65.0 Å². The van der Waals surface area contributed by atoms with Gasteiger partial charge in [0.15, 0.2) is 0 Å². The number of rotatable bonds is 6. The van der Waals surface area contributed by atoms with E-state index in [2.05, 4.69) is 87.7 Å². The second kappa shape index (κ2) is 23.8. The Labute approximate surface area is 459 Å². The van der Waals surface area contributed by atoms with E-state index in [-0.39, 0.29) is 34.2 Å². The topological polar surface area (TPSA) is 95.1 Å². The number of hydrogen-bond donors (Lipinski definition) is 2. The number of nitrogens with one attached hydrogen (secondary N) is 2. The molecule has 0 atom stereocenters. The predicted octanol–water partition coefficient (Wildman–Crippen LogP) is 17.0. The van der Waals surface area contributed by atoms with Gasteiger partial charge in [-0.05, 0) is 193 Å². The molecule has 20 heteroatoms. The molecular weight excluding hydrogens is 1320 g/mol. The van der Waals surface area contributed by atoms with Crippen molar-refractivity contribution in [3.8, 4) is 11.1 Å². The lowest BCUT2D eigenvalue weighted by atomic mass is 9.49. The summed E-state index contributed by atoms with van der Waals surface area (Å²) in [4.78, 5) is 24.4. The van der Waals surface area contributed by atoms with E-state index in [1.807, 2.05) is 139 Å². The summed E-state index contributed by atoms with van der Waals surface area (Å²) in [5, 5.41) is 11.8. The first-order chi connectivity index (χ1) is 30.8. The lowest BCUT2D eigenvalue weighted by Crippen LogP contribution is -2.41. The second-order valence-electron chi connectivity index (χ2n) is 16.6. The van der Waals surface area contributed by atoms with Crippen LogP contribution in [0.5, 0.6) is 0 Å². The van der Waals surface area contributed by atoms with Crippen LogP contribution in [0.2, 0.25) is 20.1 Å². The Morgan fingerprint density at radius 2 is 0.955 bits per heavy atom. The van der Waals surface area contributed by atoms with E-state index in [1.165, 1.54) is 0 Å². The molecule has 8 nitrogen and oxygen atoms in total. The number of para-hydroxylation sites is 2. The average molecular weight is 1360 g/mol. The molecule has 8 rings (SSSR count). The van der Waals surface area contributed by atoms with Crippen LogP contribution in [-0.2, 0) is 18.6 Å². The Kier molecular flexibility index (Phi) is 20.1. The van der Waals surface area contributed by atoms with E-state index in [9.17, 15) is 9.59 Å². The number of halogens is 8. The van der Waals surface area contributed by atoms with Crippen LogP contribution in [0.3, 0.4) is 0 Å². The van der Waals surface area contributed by atoms with Crippen LogP contribution >= 0.6 is 146 Å². The normalized spacial score (nSPS) is 16.2. The fourth-order valence-corrected chi connectivity index (χ4v) is 10.3. The fraction of sp³-hybridized carbons (Fsp3) is 0.261. The minimum absolute atomic E-state index is 0.0717. The Hall–Kier alpha value is -1.23. The van der Waals surface area contributed by atoms with E-state index >= 15 is 0 Å². The van der Waals surface area contributed by atoms with Gasteiger partial charge in [-0.25, -0.2) is 0 Å². The molecule has 4 aromatic carbocycles. The third-order valence-electron chi connectivity index (χ3n) is 10.9. The van der Waals surface area contributed by atoms with E-state index in [1.54, 1.807) is 46.9 Å². The number of amides is 2. The molecule has 4 heterocycles. The predicted molar refractivity (Wildman–Crippen MR) is 302 cm³/mol. The van der Waals surface area contributed by atoms with Crippen LogP contribution in [0.25, 0.3) is 11.1 Å². The largest absolute Gasteiger partial charge is 0.488 e. The molecule has 2 aromatic heterocycles. The lowest BCUT2D eigenvalue weighted by molar-refractivity contribution is 0.00578. The molecule has 2 N–H and O–H groups in total. The minimum Gasteiger partial charge on any atom is -0.405 e. The molecule has 2 aliphatic heterocycles. The van der Waals surface area contributed by atoms with Crippen molar-refractivity contribution in [2.24, 2.45) is 0 Å². The maximum absolute atomic E-state index is 12.4. The van der Waals surface area contributed by atoms with E-state index in [0.29, 0.717) is 25.7 Å². The highest BCUT2D eigenvalue weighted by atomic mass is 127. The second-order valence-corrected chi connectivity index (χ2v) is 25.4. The van der Waals surface area contributed by atoms with Crippen LogP contribution in [0.1, 0.15) is 76.1 Å². The van der Waals surface area contributed by atoms with Crippen molar-refractivity contribution < 1.29 is 28.2 Å². The third-order valence-corrected chi connectivity index (χ3v) is 17.6. The summed E-state index contributed by atoms with van der Waals surface area (Å²) in [6, 6.07) is 29.6. The summed E-state index contributed by atoms with van der Waals surface area (Å²) in [7, 11) is -0.952. The van der Waals surface area contributed by atoms with Gasteiger partial charge >= 0.3 is 14.0 Å². The van der Waals surface area contributed by atoms with Crippen LogP contribution in [0, 0.1) is 5.77 Å². The van der Waals surface area contributed by atoms with Crippen molar-refractivity contribution in [3.05, 3.63) is 154 Å². The van der Waals surface area contributed by atoms with Crippen LogP contribution in [-0.4, -0.2) is 48.2 Å². The van der Waals surface area contributed by atoms with Crippen LogP contribution < -0.4 is 10.6 Å². The molecule has 66 heavy (non-hydrogen) atoms. The first kappa shape index (κ1) is 55.7. The molecule has 0 bridgehead atoms. The van der Waals surface area contributed by atoms with Gasteiger partial charge in [-0.1, -0.05) is 98.7 Å². The summed E-state index contributed by atoms with van der Waals surface area (Å²) in [5.74, 6) is -0.194. The van der Waals surface area contributed by atoms with Crippen molar-refractivity contribution >= 4 is 183 Å². The molecule has 2 amide bonds. The summed E-state index contributed by atoms with van der Waals surface area (Å²) in [5.41, 5.74) is 3.28. The lowest BCUT2D eigenvalue weighted by Gasteiger charge is -2.32. The van der Waals surface area contributed by atoms with Crippen molar-refractivity contribution in [3.63, 3.8) is 0 Å². The van der Waals surface area contributed by atoms with Gasteiger partial charge in [-0.2, -0.15) is 0 Å². The molecule has 2 aliphatic rings. The highest BCUT2D eigenvalue weighted by Crippen LogP contribution is 2.43. The Balaban J connectivity index is 0.000000172. The van der Waals surface area contributed by atoms with Crippen molar-refractivity contribution in [1.82, 2.24) is 0 Å². The van der Waals surface area contributed by atoms with Crippen LogP contribution in [0.4, 0.5) is 11.4 Å². The average Bonchev–Trinajstić information content (AvgIpc) is 3.98. The van der Waals surface area contributed by atoms with Gasteiger partial charge < -0.3 is 29.3 Å². The zero-order chi connectivity index (χ0) is 48.8. The number of thiophene rings is 2. The number of anilines is 2. The summed E-state index contributed by atoms with van der Waals surface area (Å²) in [6.45, 7) is 16.2. The quantitative estimate of drug-likeness (QED) is 0.0980. The number of carbonyl (C=O) groups is 2. The zero-order valence-corrected chi connectivity index (χ0v) is 49.0. The smallest absolute Gasteiger partial charge is 0.405 e. The van der Waals surface area contributed by atoms with Crippen LogP contribution in [0.15, 0.2) is 117 Å². The monoisotopic (exact) mass is 1360 g/mol. The Morgan fingerprint density at radius 3 is 1.36 bits per heavy atom. The first-order valence-electron chi connectivity index (χ1n) is 20.0. The zero-order valence-electron chi connectivity index (χ0n) is 36.8. The van der Waals surface area contributed by atoms with Gasteiger partial charge in [0.1, 0.15) is 0 Å². The number of benzene rings is 4. The highest BCUT2D eigenvalue weighted by molar-refractivity contribution is 14.1. The molecule has 0 aliphatic carbocycles. The number of hydrogen-bond acceptors (Lipinski definition) is 8. The molecule has 2 saturated heterocycles. The van der Waals surface area contributed by atoms with Crippen molar-refractivity contribution in [1.29, 1.82) is 0 Å². The summed E-state index contributed by atoms with van der Waals surface area (Å²) in [6.07, 6.45) is 0. The van der Waals surface area contributed by atoms with Gasteiger partial charge in [-0.15, -0.1) is 22.7 Å². The molecule has 0 saturated carbocycles. The maximum Gasteiger partial charge on any atom is 0.488 e. The van der Waals surface area contributed by atoms with Gasteiger partial charge in [0.05, 0.1) is 65.1 Å². The maximum atomic E-state index is 12.4. The fourth-order valence-electron chi connectivity index (χ4n) is 5.83. The van der Waals surface area contributed by atoms with Gasteiger partial charge in [0.2, 0.25) is 0 Å². The highest BCUT2D eigenvalue weighted by Gasteiger charge is 2.63. The van der Waals surface area contributed by atoms with E-state index in [0.717, 1.165) is 42.8 Å².